The highest BCUT2D eigenvalue weighted by molar-refractivity contribution is 4.98. The van der Waals surface area contributed by atoms with Gasteiger partial charge in [0.1, 0.15) is 0 Å². The van der Waals surface area contributed by atoms with E-state index in [1.165, 1.54) is 25.7 Å². The molecule has 2 rings (SSSR count). The lowest BCUT2D eigenvalue weighted by molar-refractivity contribution is 0.0100. The van der Waals surface area contributed by atoms with Crippen molar-refractivity contribution < 1.29 is 4.74 Å². The summed E-state index contributed by atoms with van der Waals surface area (Å²) in [6.07, 6.45) is 9.55. The van der Waals surface area contributed by atoms with Gasteiger partial charge in [0, 0.05) is 12.2 Å². The fourth-order valence-corrected chi connectivity index (χ4v) is 3.04. The highest BCUT2D eigenvalue weighted by Gasteiger charge is 2.20. The van der Waals surface area contributed by atoms with E-state index in [4.69, 9.17) is 4.74 Å². The predicted molar refractivity (Wildman–Crippen MR) is 81.7 cm³/mol. The van der Waals surface area contributed by atoms with E-state index in [0.717, 1.165) is 18.5 Å². The zero-order valence-corrected chi connectivity index (χ0v) is 13.1. The van der Waals surface area contributed by atoms with Crippen LogP contribution in [0.15, 0.2) is 12.3 Å². The Kier molecular flexibility index (Phi) is 6.05. The summed E-state index contributed by atoms with van der Waals surface area (Å²) >= 11 is 0. The zero-order chi connectivity index (χ0) is 14.4. The van der Waals surface area contributed by atoms with E-state index in [2.05, 4.69) is 48.3 Å². The van der Waals surface area contributed by atoms with E-state index in [-0.39, 0.29) is 0 Å². The molecule has 1 aromatic heterocycles. The van der Waals surface area contributed by atoms with Crippen molar-refractivity contribution in [2.24, 2.45) is 0 Å². The molecule has 0 spiro atoms. The van der Waals surface area contributed by atoms with Crippen molar-refractivity contribution in [1.29, 1.82) is 0 Å². The van der Waals surface area contributed by atoms with Crippen molar-refractivity contribution in [3.05, 3.63) is 18.0 Å². The number of rotatable bonds is 7. The molecule has 0 saturated heterocycles. The van der Waals surface area contributed by atoms with Crippen LogP contribution in [0.5, 0.6) is 0 Å². The molecule has 4 nitrogen and oxygen atoms in total. The van der Waals surface area contributed by atoms with Gasteiger partial charge in [0.15, 0.2) is 0 Å². The number of aromatic nitrogens is 2. The molecule has 0 bridgehead atoms. The number of hydrogen-bond donors (Lipinski definition) is 1. The summed E-state index contributed by atoms with van der Waals surface area (Å²) in [6, 6.07) is 3.30. The minimum atomic E-state index is 0.415. The van der Waals surface area contributed by atoms with Crippen LogP contribution >= 0.6 is 0 Å². The van der Waals surface area contributed by atoms with E-state index in [9.17, 15) is 0 Å². The van der Waals surface area contributed by atoms with Gasteiger partial charge in [-0.2, -0.15) is 5.10 Å². The maximum absolute atomic E-state index is 6.02. The van der Waals surface area contributed by atoms with E-state index >= 15 is 0 Å². The van der Waals surface area contributed by atoms with Crippen LogP contribution in [0.3, 0.4) is 0 Å². The van der Waals surface area contributed by atoms with E-state index < -0.39 is 0 Å². The fourth-order valence-electron chi connectivity index (χ4n) is 3.04. The van der Waals surface area contributed by atoms with Gasteiger partial charge in [-0.15, -0.1) is 0 Å². The Bertz CT molecular complexity index is 379. The van der Waals surface area contributed by atoms with Gasteiger partial charge in [-0.3, -0.25) is 4.68 Å². The van der Waals surface area contributed by atoms with Crippen molar-refractivity contribution in [1.82, 2.24) is 15.1 Å². The monoisotopic (exact) mass is 279 g/mol. The summed E-state index contributed by atoms with van der Waals surface area (Å²) in [5.41, 5.74) is 1.06. The van der Waals surface area contributed by atoms with E-state index in [1.54, 1.807) is 0 Å². The van der Waals surface area contributed by atoms with Gasteiger partial charge >= 0.3 is 0 Å². The Balaban J connectivity index is 1.77. The maximum atomic E-state index is 6.02. The molecule has 0 aromatic carbocycles. The zero-order valence-electron chi connectivity index (χ0n) is 13.1. The standard InChI is InChI=1S/C16H29N3O/c1-4-15(5-2)19-11-10-14(18-19)12-20-16-8-6-13(17-3)7-9-16/h10-11,13,15-17H,4-9,12H2,1-3H3. The molecule has 0 aliphatic heterocycles. The molecule has 0 amide bonds. The van der Waals surface area contributed by atoms with Gasteiger partial charge in [-0.1, -0.05) is 13.8 Å². The van der Waals surface area contributed by atoms with Crippen LogP contribution in [0, 0.1) is 0 Å². The number of nitrogens with zero attached hydrogens (tertiary/aromatic N) is 2. The van der Waals surface area contributed by atoms with Crippen LogP contribution in [0.2, 0.25) is 0 Å². The Labute approximate surface area is 122 Å². The lowest BCUT2D eigenvalue weighted by Gasteiger charge is -2.28. The topological polar surface area (TPSA) is 39.1 Å². The van der Waals surface area contributed by atoms with Gasteiger partial charge in [-0.05, 0) is 51.6 Å². The van der Waals surface area contributed by atoms with E-state index in [1.807, 2.05) is 0 Å². The van der Waals surface area contributed by atoms with Crippen LogP contribution in [-0.2, 0) is 11.3 Å². The second-order valence-corrected chi connectivity index (χ2v) is 5.83. The molecule has 1 fully saturated rings. The number of hydrogen-bond acceptors (Lipinski definition) is 3. The fraction of sp³-hybridized carbons (Fsp3) is 0.812. The predicted octanol–water partition coefficient (Wildman–Crippen LogP) is 3.29. The minimum absolute atomic E-state index is 0.415. The second-order valence-electron chi connectivity index (χ2n) is 5.83. The lowest BCUT2D eigenvalue weighted by Crippen LogP contribution is -2.32. The Morgan fingerprint density at radius 1 is 1.30 bits per heavy atom. The molecule has 1 saturated carbocycles. The molecular formula is C16H29N3O. The molecule has 1 aromatic rings. The first-order chi connectivity index (χ1) is 9.76. The van der Waals surface area contributed by atoms with Gasteiger partial charge in [-0.25, -0.2) is 0 Å². The summed E-state index contributed by atoms with van der Waals surface area (Å²) in [4.78, 5) is 0. The van der Waals surface area contributed by atoms with Gasteiger partial charge in [0.25, 0.3) is 0 Å². The van der Waals surface area contributed by atoms with Crippen molar-refractivity contribution in [2.45, 2.75) is 77.2 Å². The molecule has 0 unspecified atom stereocenters. The largest absolute Gasteiger partial charge is 0.372 e. The highest BCUT2D eigenvalue weighted by atomic mass is 16.5. The third kappa shape index (κ3) is 4.06. The molecule has 0 radical (unpaired) electrons. The average molecular weight is 279 g/mol. The molecule has 114 valence electrons. The molecule has 1 heterocycles. The van der Waals surface area contributed by atoms with Crippen molar-refractivity contribution >= 4 is 0 Å². The van der Waals surface area contributed by atoms with Gasteiger partial charge in [0.05, 0.1) is 24.4 Å². The molecule has 1 aliphatic rings. The minimum Gasteiger partial charge on any atom is -0.372 e. The van der Waals surface area contributed by atoms with Crippen LogP contribution < -0.4 is 5.32 Å². The number of nitrogens with one attached hydrogen (secondary N) is 1. The molecule has 0 atom stereocenters. The van der Waals surface area contributed by atoms with Crippen LogP contribution in [0.4, 0.5) is 0 Å². The summed E-state index contributed by atoms with van der Waals surface area (Å²) in [5, 5.41) is 8.00. The van der Waals surface area contributed by atoms with Gasteiger partial charge < -0.3 is 10.1 Å². The molecule has 1 aliphatic carbocycles. The average Bonchev–Trinajstić information content (AvgIpc) is 2.96. The smallest absolute Gasteiger partial charge is 0.0910 e. The van der Waals surface area contributed by atoms with E-state index in [0.29, 0.717) is 24.8 Å². The first-order valence-corrected chi connectivity index (χ1v) is 8.09. The third-order valence-corrected chi connectivity index (χ3v) is 4.53. The molecule has 20 heavy (non-hydrogen) atoms. The Hall–Kier alpha value is -0.870. The van der Waals surface area contributed by atoms with Crippen LogP contribution in [0.1, 0.15) is 64.1 Å². The number of ether oxygens (including phenoxy) is 1. The summed E-state index contributed by atoms with van der Waals surface area (Å²) in [7, 11) is 2.05. The van der Waals surface area contributed by atoms with Gasteiger partial charge in [0.2, 0.25) is 0 Å². The SMILES string of the molecule is CCC(CC)n1ccc(COC2CCC(NC)CC2)n1. The summed E-state index contributed by atoms with van der Waals surface area (Å²) in [6.45, 7) is 5.08. The van der Waals surface area contributed by atoms with Crippen molar-refractivity contribution in [3.63, 3.8) is 0 Å². The van der Waals surface area contributed by atoms with Crippen molar-refractivity contribution in [3.8, 4) is 0 Å². The van der Waals surface area contributed by atoms with Crippen LogP contribution in [0.25, 0.3) is 0 Å². The third-order valence-electron chi connectivity index (χ3n) is 4.53. The molecule has 4 heteroatoms. The van der Waals surface area contributed by atoms with Crippen LogP contribution in [-0.4, -0.2) is 29.0 Å². The summed E-state index contributed by atoms with van der Waals surface area (Å²) in [5.74, 6) is 0. The maximum Gasteiger partial charge on any atom is 0.0910 e. The quantitative estimate of drug-likeness (QED) is 0.832. The normalized spacial score (nSPS) is 23.4. The van der Waals surface area contributed by atoms with Crippen molar-refractivity contribution in [2.75, 3.05) is 7.05 Å². The highest BCUT2D eigenvalue weighted by Crippen LogP contribution is 2.22. The Morgan fingerprint density at radius 2 is 2.00 bits per heavy atom. The summed E-state index contributed by atoms with van der Waals surface area (Å²) < 4.78 is 8.11. The molecular weight excluding hydrogens is 250 g/mol. The lowest BCUT2D eigenvalue weighted by atomic mass is 9.93. The second kappa shape index (κ2) is 7.79. The Morgan fingerprint density at radius 3 is 2.60 bits per heavy atom. The first-order valence-electron chi connectivity index (χ1n) is 8.09. The molecule has 1 N–H and O–H groups in total. The first kappa shape index (κ1) is 15.5.